The van der Waals surface area contributed by atoms with E-state index in [4.69, 9.17) is 14.2 Å². The summed E-state index contributed by atoms with van der Waals surface area (Å²) in [7, 11) is 2.97. The third kappa shape index (κ3) is 5.47. The summed E-state index contributed by atoms with van der Waals surface area (Å²) < 4.78 is 15.7. The van der Waals surface area contributed by atoms with Gasteiger partial charge in [0.2, 0.25) is 5.91 Å². The van der Waals surface area contributed by atoms with Crippen LogP contribution in [0.4, 0.5) is 5.69 Å². The topological polar surface area (TPSA) is 102 Å². The Morgan fingerprint density at radius 1 is 0.923 bits per heavy atom. The maximum Gasteiger partial charge on any atom is 0.338 e. The second kappa shape index (κ2) is 11.8. The van der Waals surface area contributed by atoms with Crippen molar-refractivity contribution in [3.05, 3.63) is 89.5 Å². The first-order chi connectivity index (χ1) is 18.8. The Morgan fingerprint density at radius 3 is 2.18 bits per heavy atom. The maximum absolute atomic E-state index is 14.0. The smallest absolute Gasteiger partial charge is 0.338 e. The van der Waals surface area contributed by atoms with E-state index >= 15 is 0 Å². The Balaban J connectivity index is 1.70. The molecule has 0 saturated carbocycles. The SMILES string of the molecule is CCOC(=O)c1ccc(N2C(=O)CC(N(C(=O)c3ccc(OC)c(OC)c3)C(C)c3ccccc3)C2=O)cc1. The van der Waals surface area contributed by atoms with E-state index in [-0.39, 0.29) is 18.6 Å². The van der Waals surface area contributed by atoms with Gasteiger partial charge in [-0.3, -0.25) is 14.4 Å². The second-order valence-corrected chi connectivity index (χ2v) is 8.92. The number of hydrogen-bond acceptors (Lipinski definition) is 7. The molecule has 2 atom stereocenters. The normalized spacial score (nSPS) is 15.6. The molecule has 3 aromatic rings. The van der Waals surface area contributed by atoms with Crippen molar-refractivity contribution in [2.24, 2.45) is 0 Å². The molecule has 0 radical (unpaired) electrons. The van der Waals surface area contributed by atoms with Crippen LogP contribution in [0.5, 0.6) is 11.5 Å². The van der Waals surface area contributed by atoms with Crippen LogP contribution in [0.25, 0.3) is 0 Å². The number of anilines is 1. The molecule has 1 fully saturated rings. The van der Waals surface area contributed by atoms with Crippen LogP contribution in [0.15, 0.2) is 72.8 Å². The van der Waals surface area contributed by atoms with Crippen LogP contribution in [0.2, 0.25) is 0 Å². The average Bonchev–Trinajstić information content (AvgIpc) is 3.26. The molecule has 2 unspecified atom stereocenters. The summed E-state index contributed by atoms with van der Waals surface area (Å²) in [6.07, 6.45) is -0.186. The minimum atomic E-state index is -1.04. The first-order valence-electron chi connectivity index (χ1n) is 12.5. The number of ether oxygens (including phenoxy) is 3. The molecule has 9 nitrogen and oxygen atoms in total. The van der Waals surface area contributed by atoms with Gasteiger partial charge in [-0.2, -0.15) is 0 Å². The van der Waals surface area contributed by atoms with Crippen molar-refractivity contribution < 1.29 is 33.4 Å². The van der Waals surface area contributed by atoms with E-state index < -0.39 is 35.8 Å². The van der Waals surface area contributed by atoms with Gasteiger partial charge < -0.3 is 19.1 Å². The van der Waals surface area contributed by atoms with Crippen molar-refractivity contribution in [2.45, 2.75) is 32.4 Å². The van der Waals surface area contributed by atoms with E-state index in [1.165, 1.54) is 43.4 Å². The van der Waals surface area contributed by atoms with Crippen LogP contribution < -0.4 is 14.4 Å². The maximum atomic E-state index is 14.0. The van der Waals surface area contributed by atoms with E-state index in [0.717, 1.165) is 10.5 Å². The highest BCUT2D eigenvalue weighted by atomic mass is 16.5. The second-order valence-electron chi connectivity index (χ2n) is 8.92. The number of imide groups is 1. The molecular formula is C30H30N2O7. The van der Waals surface area contributed by atoms with Gasteiger partial charge in [0.1, 0.15) is 6.04 Å². The first kappa shape index (κ1) is 27.4. The first-order valence-corrected chi connectivity index (χ1v) is 12.5. The van der Waals surface area contributed by atoms with Gasteiger partial charge in [-0.05, 0) is 61.9 Å². The molecule has 39 heavy (non-hydrogen) atoms. The minimum absolute atomic E-state index is 0.186. The Hall–Kier alpha value is -4.66. The Labute approximate surface area is 226 Å². The summed E-state index contributed by atoms with van der Waals surface area (Å²) in [6, 6.07) is 18.5. The third-order valence-corrected chi connectivity index (χ3v) is 6.66. The number of methoxy groups -OCH3 is 2. The van der Waals surface area contributed by atoms with Crippen LogP contribution >= 0.6 is 0 Å². The van der Waals surface area contributed by atoms with Crippen molar-refractivity contribution in [2.75, 3.05) is 25.7 Å². The lowest BCUT2D eigenvalue weighted by Crippen LogP contribution is -2.46. The number of nitrogens with zero attached hydrogens (tertiary/aromatic N) is 2. The average molecular weight is 531 g/mol. The molecule has 4 rings (SSSR count). The highest BCUT2D eigenvalue weighted by molar-refractivity contribution is 6.23. The third-order valence-electron chi connectivity index (χ3n) is 6.66. The predicted octanol–water partition coefficient (Wildman–Crippen LogP) is 4.42. The molecule has 202 valence electrons. The Bertz CT molecular complexity index is 1370. The Kier molecular flexibility index (Phi) is 8.29. The molecule has 0 N–H and O–H groups in total. The summed E-state index contributed by atoms with van der Waals surface area (Å²) in [4.78, 5) is 55.4. The van der Waals surface area contributed by atoms with Crippen molar-refractivity contribution in [3.8, 4) is 11.5 Å². The molecule has 0 spiro atoms. The summed E-state index contributed by atoms with van der Waals surface area (Å²) in [5, 5.41) is 0. The van der Waals surface area contributed by atoms with Gasteiger partial charge in [-0.25, -0.2) is 9.69 Å². The molecule has 0 bridgehead atoms. The zero-order valence-electron chi connectivity index (χ0n) is 22.2. The van der Waals surface area contributed by atoms with Gasteiger partial charge in [0, 0.05) is 5.56 Å². The van der Waals surface area contributed by atoms with Crippen LogP contribution in [0.1, 0.15) is 52.6 Å². The molecule has 9 heteroatoms. The lowest BCUT2D eigenvalue weighted by molar-refractivity contribution is -0.123. The van der Waals surface area contributed by atoms with Gasteiger partial charge in [-0.15, -0.1) is 0 Å². The van der Waals surface area contributed by atoms with Crippen LogP contribution in [-0.2, 0) is 14.3 Å². The van der Waals surface area contributed by atoms with E-state index in [1.54, 1.807) is 25.1 Å². The fourth-order valence-corrected chi connectivity index (χ4v) is 4.66. The molecule has 3 aromatic carbocycles. The van der Waals surface area contributed by atoms with Crippen LogP contribution in [0, 0.1) is 0 Å². The largest absolute Gasteiger partial charge is 0.493 e. The molecular weight excluding hydrogens is 500 g/mol. The zero-order valence-corrected chi connectivity index (χ0v) is 22.2. The van der Waals surface area contributed by atoms with E-state index in [1.807, 2.05) is 37.3 Å². The Morgan fingerprint density at radius 2 is 1.56 bits per heavy atom. The van der Waals surface area contributed by atoms with Crippen LogP contribution in [0.3, 0.4) is 0 Å². The molecule has 1 heterocycles. The monoisotopic (exact) mass is 530 g/mol. The molecule has 1 saturated heterocycles. The van der Waals surface area contributed by atoms with E-state index in [9.17, 15) is 19.2 Å². The summed E-state index contributed by atoms with van der Waals surface area (Å²) >= 11 is 0. The summed E-state index contributed by atoms with van der Waals surface area (Å²) in [5.41, 5.74) is 1.71. The minimum Gasteiger partial charge on any atom is -0.493 e. The van der Waals surface area contributed by atoms with Crippen molar-refractivity contribution in [1.82, 2.24) is 4.90 Å². The highest BCUT2D eigenvalue weighted by Gasteiger charge is 2.46. The van der Waals surface area contributed by atoms with Crippen molar-refractivity contribution >= 4 is 29.4 Å². The number of carbonyl (C=O) groups is 4. The van der Waals surface area contributed by atoms with Crippen LogP contribution in [-0.4, -0.2) is 55.5 Å². The zero-order chi connectivity index (χ0) is 28.1. The van der Waals surface area contributed by atoms with Crippen molar-refractivity contribution in [3.63, 3.8) is 0 Å². The summed E-state index contributed by atoms with van der Waals surface area (Å²) in [6.45, 7) is 3.76. The summed E-state index contributed by atoms with van der Waals surface area (Å²) in [5.74, 6) is -1.07. The number of esters is 1. The van der Waals surface area contributed by atoms with Gasteiger partial charge in [0.25, 0.3) is 11.8 Å². The van der Waals surface area contributed by atoms with Gasteiger partial charge >= 0.3 is 5.97 Å². The number of hydrogen-bond donors (Lipinski definition) is 0. The van der Waals surface area contributed by atoms with E-state index in [2.05, 4.69) is 0 Å². The fraction of sp³-hybridized carbons (Fsp3) is 0.267. The van der Waals surface area contributed by atoms with E-state index in [0.29, 0.717) is 22.7 Å². The number of amides is 3. The molecule has 3 amide bonds. The number of rotatable bonds is 9. The highest BCUT2D eigenvalue weighted by Crippen LogP contribution is 2.34. The lowest BCUT2D eigenvalue weighted by Gasteiger charge is -2.34. The van der Waals surface area contributed by atoms with Gasteiger partial charge in [0.05, 0.1) is 44.5 Å². The lowest BCUT2D eigenvalue weighted by atomic mass is 10.0. The quantitative estimate of drug-likeness (QED) is 0.298. The number of benzene rings is 3. The van der Waals surface area contributed by atoms with Crippen molar-refractivity contribution in [1.29, 1.82) is 0 Å². The molecule has 1 aliphatic heterocycles. The molecule has 1 aliphatic rings. The van der Waals surface area contributed by atoms with Gasteiger partial charge in [-0.1, -0.05) is 30.3 Å². The predicted molar refractivity (Wildman–Crippen MR) is 144 cm³/mol. The molecule has 0 aliphatic carbocycles. The fourth-order valence-electron chi connectivity index (χ4n) is 4.66. The number of carbonyl (C=O) groups excluding carboxylic acids is 4. The van der Waals surface area contributed by atoms with Gasteiger partial charge in [0.15, 0.2) is 11.5 Å². The standard InChI is InChI=1S/C30H30N2O7/c1-5-39-30(36)21-11-14-23(15-12-21)32-27(33)18-24(29(32)35)31(19(2)20-9-7-6-8-10-20)28(34)22-13-16-25(37-3)26(17-22)38-4/h6-17,19,24H,5,18H2,1-4H3. The molecule has 0 aromatic heterocycles.